The summed E-state index contributed by atoms with van der Waals surface area (Å²) in [7, 11) is -4.16. The molecule has 0 aromatic rings. The van der Waals surface area contributed by atoms with Crippen molar-refractivity contribution in [2.75, 3.05) is 0 Å². The van der Waals surface area contributed by atoms with Gasteiger partial charge in [-0.2, -0.15) is 0 Å². The van der Waals surface area contributed by atoms with Crippen molar-refractivity contribution >= 4 is 47.1 Å². The maximum Gasteiger partial charge on any atom is 0.412 e. The molecule has 1 rings (SSSR count). The predicted octanol–water partition coefficient (Wildman–Crippen LogP) is 0.0892. The summed E-state index contributed by atoms with van der Waals surface area (Å²) in [6.45, 7) is 7.98. The molecule has 78 valence electrons. The van der Waals surface area contributed by atoms with E-state index in [0.717, 1.165) is 0 Å². The van der Waals surface area contributed by atoms with Crippen LogP contribution in [0, 0.1) is 0 Å². The summed E-state index contributed by atoms with van der Waals surface area (Å²) in [6.07, 6.45) is 0. The standard InChI is InChI=1S/C4H12O5Si5/c1-13(2)7-11-5-10-6-12-8-14(3,4)9-13/h1-4H3. The first-order chi connectivity index (χ1) is 6.41. The zero-order valence-corrected chi connectivity index (χ0v) is 13.5. The van der Waals surface area contributed by atoms with Crippen molar-refractivity contribution in [1.29, 1.82) is 0 Å². The predicted molar refractivity (Wildman–Crippen MR) is 57.7 cm³/mol. The monoisotopic (exact) mass is 280 g/mol. The SMILES string of the molecule is C[Si]1(C)O[Si]O[Si]O[Si]O[Si](C)(C)O1. The zero-order valence-electron chi connectivity index (χ0n) is 8.54. The molecule has 0 amide bonds. The second-order valence-electron chi connectivity index (χ2n) is 3.56. The summed E-state index contributed by atoms with van der Waals surface area (Å²) >= 11 is 0. The van der Waals surface area contributed by atoms with Crippen LogP contribution < -0.4 is 0 Å². The van der Waals surface area contributed by atoms with Gasteiger partial charge >= 0.3 is 47.1 Å². The fourth-order valence-electron chi connectivity index (χ4n) is 0.931. The molecule has 10 heteroatoms. The summed E-state index contributed by atoms with van der Waals surface area (Å²) in [5.41, 5.74) is 0. The lowest BCUT2D eigenvalue weighted by atomic mass is 11.9. The van der Waals surface area contributed by atoms with Crippen LogP contribution in [-0.4, -0.2) is 47.1 Å². The molecule has 0 aromatic carbocycles. The largest absolute Gasteiger partial charge is 0.416 e. The Hall–Kier alpha value is 0.884. The highest BCUT2D eigenvalue weighted by atomic mass is 28.5. The lowest BCUT2D eigenvalue weighted by Gasteiger charge is -2.32. The molecule has 0 aliphatic carbocycles. The molecule has 0 atom stereocenters. The molecule has 1 aliphatic heterocycles. The topological polar surface area (TPSA) is 46.2 Å². The third-order valence-corrected chi connectivity index (χ3v) is 11.1. The highest BCUT2D eigenvalue weighted by molar-refractivity contribution is 6.82. The van der Waals surface area contributed by atoms with Crippen LogP contribution in [0.15, 0.2) is 0 Å². The Bertz CT molecular complexity index is 169. The summed E-state index contributed by atoms with van der Waals surface area (Å²) in [5, 5.41) is 0. The van der Waals surface area contributed by atoms with Crippen molar-refractivity contribution in [2.45, 2.75) is 26.2 Å². The summed E-state index contributed by atoms with van der Waals surface area (Å²) in [6, 6.07) is 0. The van der Waals surface area contributed by atoms with Gasteiger partial charge in [-0.15, -0.1) is 0 Å². The van der Waals surface area contributed by atoms with Crippen molar-refractivity contribution in [2.24, 2.45) is 0 Å². The number of hydrogen-bond acceptors (Lipinski definition) is 5. The molecule has 1 saturated heterocycles. The molecular weight excluding hydrogens is 268 g/mol. The van der Waals surface area contributed by atoms with Gasteiger partial charge in [-0.1, -0.05) is 0 Å². The lowest BCUT2D eigenvalue weighted by molar-refractivity contribution is 0.294. The molecule has 1 fully saturated rings. The van der Waals surface area contributed by atoms with Gasteiger partial charge in [0.2, 0.25) is 0 Å². The molecule has 14 heavy (non-hydrogen) atoms. The Morgan fingerprint density at radius 2 is 1.14 bits per heavy atom. The smallest absolute Gasteiger partial charge is 0.412 e. The molecule has 0 aromatic heterocycles. The molecule has 1 heterocycles. The van der Waals surface area contributed by atoms with E-state index in [1.807, 2.05) is 26.2 Å². The normalized spacial score (nSPS) is 28.3. The van der Waals surface area contributed by atoms with Gasteiger partial charge in [-0.05, 0) is 26.2 Å². The van der Waals surface area contributed by atoms with E-state index >= 15 is 0 Å². The van der Waals surface area contributed by atoms with Gasteiger partial charge < -0.3 is 20.6 Å². The van der Waals surface area contributed by atoms with E-state index in [-0.39, 0.29) is 30.0 Å². The van der Waals surface area contributed by atoms with Crippen molar-refractivity contribution in [3.8, 4) is 0 Å². The van der Waals surface area contributed by atoms with E-state index in [1.165, 1.54) is 0 Å². The molecule has 0 bridgehead atoms. The third kappa shape index (κ3) is 5.10. The van der Waals surface area contributed by atoms with Crippen LogP contribution in [0.1, 0.15) is 0 Å². The minimum atomic E-state index is -2.09. The molecule has 0 spiro atoms. The molecule has 6 radical (unpaired) electrons. The lowest BCUT2D eigenvalue weighted by Crippen LogP contribution is -2.51. The van der Waals surface area contributed by atoms with Gasteiger partial charge in [0.1, 0.15) is 0 Å². The Balaban J connectivity index is 2.55. The van der Waals surface area contributed by atoms with Gasteiger partial charge in [0.15, 0.2) is 0 Å². The van der Waals surface area contributed by atoms with E-state index in [2.05, 4.69) is 0 Å². The van der Waals surface area contributed by atoms with Crippen molar-refractivity contribution in [3.63, 3.8) is 0 Å². The Morgan fingerprint density at radius 3 is 1.57 bits per heavy atom. The van der Waals surface area contributed by atoms with Gasteiger partial charge in [-0.25, -0.2) is 0 Å². The zero-order chi connectivity index (χ0) is 10.7. The van der Waals surface area contributed by atoms with E-state index in [9.17, 15) is 0 Å². The first-order valence-electron chi connectivity index (χ1n) is 4.04. The third-order valence-electron chi connectivity index (χ3n) is 1.23. The first-order valence-corrected chi connectivity index (χ1v) is 12.1. The fourth-order valence-corrected chi connectivity index (χ4v) is 10.3. The van der Waals surface area contributed by atoms with Crippen LogP contribution in [0.5, 0.6) is 0 Å². The maximum absolute atomic E-state index is 5.89. The quantitative estimate of drug-likeness (QED) is 0.589. The number of rotatable bonds is 0. The second kappa shape index (κ2) is 5.28. The van der Waals surface area contributed by atoms with Crippen molar-refractivity contribution < 1.29 is 20.6 Å². The summed E-state index contributed by atoms with van der Waals surface area (Å²) < 4.78 is 27.2. The fraction of sp³-hybridized carbons (Fsp3) is 1.00. The highest BCUT2D eigenvalue weighted by Crippen LogP contribution is 2.16. The van der Waals surface area contributed by atoms with Crippen LogP contribution in [-0.2, 0) is 20.6 Å². The minimum Gasteiger partial charge on any atom is -0.416 e. The second-order valence-corrected chi connectivity index (χ2v) is 13.7. The number of hydrogen-bond donors (Lipinski definition) is 0. The summed E-state index contributed by atoms with van der Waals surface area (Å²) in [4.78, 5) is 0. The molecule has 1 aliphatic rings. The summed E-state index contributed by atoms with van der Waals surface area (Å²) in [5.74, 6) is 0. The van der Waals surface area contributed by atoms with Crippen LogP contribution in [0.25, 0.3) is 0 Å². The van der Waals surface area contributed by atoms with Crippen LogP contribution in [0.2, 0.25) is 26.2 Å². The van der Waals surface area contributed by atoms with Gasteiger partial charge in [0.05, 0.1) is 0 Å². The Labute approximate surface area is 94.1 Å². The van der Waals surface area contributed by atoms with Gasteiger partial charge in [0.25, 0.3) is 0 Å². The highest BCUT2D eigenvalue weighted by Gasteiger charge is 2.37. The Morgan fingerprint density at radius 1 is 0.714 bits per heavy atom. The van der Waals surface area contributed by atoms with E-state index < -0.39 is 17.1 Å². The van der Waals surface area contributed by atoms with E-state index in [1.54, 1.807) is 0 Å². The average Bonchev–Trinajstić information content (AvgIpc) is 1.99. The van der Waals surface area contributed by atoms with Gasteiger partial charge in [0, 0.05) is 0 Å². The molecule has 0 N–H and O–H groups in total. The van der Waals surface area contributed by atoms with E-state index in [0.29, 0.717) is 0 Å². The minimum absolute atomic E-state index is 0.00154. The van der Waals surface area contributed by atoms with Crippen molar-refractivity contribution in [3.05, 3.63) is 0 Å². The van der Waals surface area contributed by atoms with E-state index in [4.69, 9.17) is 20.6 Å². The van der Waals surface area contributed by atoms with Crippen LogP contribution in [0.4, 0.5) is 0 Å². The maximum atomic E-state index is 5.89. The first kappa shape index (κ1) is 13.0. The average molecular weight is 281 g/mol. The molecule has 0 saturated carbocycles. The molecule has 0 unspecified atom stereocenters. The van der Waals surface area contributed by atoms with Crippen LogP contribution >= 0.6 is 0 Å². The molecular formula is C4H12O5Si5. The van der Waals surface area contributed by atoms with Gasteiger partial charge in [-0.3, -0.25) is 0 Å². The molecule has 5 nitrogen and oxygen atoms in total. The Kier molecular flexibility index (Phi) is 4.89. The van der Waals surface area contributed by atoms with Crippen molar-refractivity contribution in [1.82, 2.24) is 0 Å². The van der Waals surface area contributed by atoms with Crippen LogP contribution in [0.3, 0.4) is 0 Å².